The van der Waals surface area contributed by atoms with Crippen LogP contribution in [-0.4, -0.2) is 29.0 Å². The van der Waals surface area contributed by atoms with E-state index >= 15 is 0 Å². The van der Waals surface area contributed by atoms with E-state index in [2.05, 4.69) is 29.1 Å². The summed E-state index contributed by atoms with van der Waals surface area (Å²) in [5.41, 5.74) is 8.07. The van der Waals surface area contributed by atoms with Gasteiger partial charge in [-0.05, 0) is 31.9 Å². The van der Waals surface area contributed by atoms with Crippen LogP contribution in [0.15, 0.2) is 24.3 Å². The Kier molecular flexibility index (Phi) is 5.73. The number of carbonyl (C=O) groups excluding carboxylic acids is 1. The van der Waals surface area contributed by atoms with Gasteiger partial charge in [0.05, 0.1) is 23.6 Å². The molecule has 0 aliphatic heterocycles. The maximum Gasteiger partial charge on any atom is 0.255 e. The second kappa shape index (κ2) is 7.77. The zero-order valence-electron chi connectivity index (χ0n) is 14.6. The molecule has 2 aromatic rings. The van der Waals surface area contributed by atoms with Gasteiger partial charge in [0.2, 0.25) is 5.95 Å². The summed E-state index contributed by atoms with van der Waals surface area (Å²) in [6, 6.07) is 7.51. The first kappa shape index (κ1) is 17.7. The number of hydrogen-bond donors (Lipinski definition) is 2. The van der Waals surface area contributed by atoms with Gasteiger partial charge in [0.15, 0.2) is 0 Å². The molecule has 1 heterocycles. The molecule has 0 bridgehead atoms. The van der Waals surface area contributed by atoms with E-state index in [-0.39, 0.29) is 11.9 Å². The van der Waals surface area contributed by atoms with Crippen LogP contribution in [0.4, 0.5) is 5.95 Å². The highest BCUT2D eigenvalue weighted by Crippen LogP contribution is 2.27. The van der Waals surface area contributed by atoms with Crippen LogP contribution >= 0.6 is 0 Å². The van der Waals surface area contributed by atoms with Gasteiger partial charge in [0, 0.05) is 12.1 Å². The number of amides is 1. The molecule has 0 saturated carbocycles. The minimum absolute atomic E-state index is 0.143. The predicted molar refractivity (Wildman–Crippen MR) is 95.0 cm³/mol. The van der Waals surface area contributed by atoms with Crippen LogP contribution in [0.5, 0.6) is 5.75 Å². The van der Waals surface area contributed by atoms with E-state index < -0.39 is 0 Å². The maximum absolute atomic E-state index is 12.4. The van der Waals surface area contributed by atoms with Gasteiger partial charge in [-0.25, -0.2) is 9.97 Å². The lowest BCUT2D eigenvalue weighted by atomic mass is 10.0. The second-order valence-corrected chi connectivity index (χ2v) is 5.98. The Hall–Kier alpha value is -2.63. The molecule has 6 nitrogen and oxygen atoms in total. The van der Waals surface area contributed by atoms with Crippen molar-refractivity contribution in [2.75, 3.05) is 18.9 Å². The van der Waals surface area contributed by atoms with E-state index in [1.54, 1.807) is 6.92 Å². The Balaban J connectivity index is 2.47. The lowest BCUT2D eigenvalue weighted by Crippen LogP contribution is -2.25. The molecular weight excluding hydrogens is 304 g/mol. The molecule has 3 N–H and O–H groups in total. The molecule has 1 amide bonds. The number of hydrogen-bond acceptors (Lipinski definition) is 5. The van der Waals surface area contributed by atoms with Gasteiger partial charge in [0.1, 0.15) is 5.75 Å². The summed E-state index contributed by atoms with van der Waals surface area (Å²) in [5.74, 6) is 1.09. The molecule has 0 atom stereocenters. The van der Waals surface area contributed by atoms with Crippen molar-refractivity contribution in [3.63, 3.8) is 0 Å². The number of rotatable bonds is 6. The largest absolute Gasteiger partial charge is 0.493 e. The first-order valence-electron chi connectivity index (χ1n) is 8.08. The average molecular weight is 328 g/mol. The van der Waals surface area contributed by atoms with Crippen molar-refractivity contribution in [1.29, 1.82) is 0 Å². The number of nitrogens with one attached hydrogen (secondary N) is 1. The zero-order valence-corrected chi connectivity index (χ0v) is 14.6. The molecule has 1 aromatic carbocycles. The monoisotopic (exact) mass is 328 g/mol. The summed E-state index contributed by atoms with van der Waals surface area (Å²) in [7, 11) is 0. The first-order valence-corrected chi connectivity index (χ1v) is 8.08. The van der Waals surface area contributed by atoms with Crippen molar-refractivity contribution in [3.05, 3.63) is 35.5 Å². The van der Waals surface area contributed by atoms with Crippen molar-refractivity contribution in [2.24, 2.45) is 5.92 Å². The molecule has 2 rings (SSSR count). The van der Waals surface area contributed by atoms with Crippen LogP contribution in [0.3, 0.4) is 0 Å². The molecule has 0 unspecified atom stereocenters. The van der Waals surface area contributed by atoms with E-state index in [4.69, 9.17) is 10.5 Å². The lowest BCUT2D eigenvalue weighted by Gasteiger charge is -2.13. The molecule has 1 aromatic heterocycles. The molecule has 6 heteroatoms. The van der Waals surface area contributed by atoms with Crippen LogP contribution in [0.25, 0.3) is 11.3 Å². The van der Waals surface area contributed by atoms with E-state index in [1.165, 1.54) is 0 Å². The van der Waals surface area contributed by atoms with E-state index in [1.807, 2.05) is 31.2 Å². The molecule has 0 aliphatic carbocycles. The van der Waals surface area contributed by atoms with Crippen molar-refractivity contribution in [1.82, 2.24) is 15.3 Å². The van der Waals surface area contributed by atoms with Gasteiger partial charge in [0.25, 0.3) is 5.91 Å². The van der Waals surface area contributed by atoms with Crippen molar-refractivity contribution >= 4 is 11.9 Å². The van der Waals surface area contributed by atoms with Crippen molar-refractivity contribution in [3.8, 4) is 17.0 Å². The third-order valence-corrected chi connectivity index (χ3v) is 3.36. The van der Waals surface area contributed by atoms with E-state index in [0.29, 0.717) is 36.0 Å². The highest BCUT2D eigenvalue weighted by atomic mass is 16.5. The van der Waals surface area contributed by atoms with Crippen LogP contribution < -0.4 is 15.8 Å². The maximum atomic E-state index is 12.4. The molecular formula is C18H24N4O2. The van der Waals surface area contributed by atoms with Gasteiger partial charge in [-0.3, -0.25) is 4.79 Å². The zero-order chi connectivity index (χ0) is 17.7. The third kappa shape index (κ3) is 4.22. The van der Waals surface area contributed by atoms with Crippen LogP contribution in [-0.2, 0) is 0 Å². The predicted octanol–water partition coefficient (Wildman–Crippen LogP) is 2.82. The number of nitrogens with two attached hydrogens (primary N) is 1. The quantitative estimate of drug-likeness (QED) is 0.851. The normalized spacial score (nSPS) is 10.7. The van der Waals surface area contributed by atoms with E-state index in [0.717, 1.165) is 11.3 Å². The summed E-state index contributed by atoms with van der Waals surface area (Å²) in [6.07, 6.45) is 0. The summed E-state index contributed by atoms with van der Waals surface area (Å²) in [6.45, 7) is 8.95. The molecule has 0 spiro atoms. The Morgan fingerprint density at radius 1 is 1.33 bits per heavy atom. The van der Waals surface area contributed by atoms with Gasteiger partial charge in [-0.15, -0.1) is 0 Å². The Labute approximate surface area is 142 Å². The minimum Gasteiger partial charge on any atom is -0.493 e. The van der Waals surface area contributed by atoms with Gasteiger partial charge in [-0.2, -0.15) is 0 Å². The topological polar surface area (TPSA) is 90.1 Å². The second-order valence-electron chi connectivity index (χ2n) is 5.98. The summed E-state index contributed by atoms with van der Waals surface area (Å²) < 4.78 is 5.76. The van der Waals surface area contributed by atoms with Crippen LogP contribution in [0.1, 0.15) is 36.8 Å². The molecule has 0 fully saturated rings. The minimum atomic E-state index is -0.210. The lowest BCUT2D eigenvalue weighted by molar-refractivity contribution is 0.0955. The van der Waals surface area contributed by atoms with Crippen molar-refractivity contribution < 1.29 is 9.53 Å². The van der Waals surface area contributed by atoms with Crippen LogP contribution in [0, 0.1) is 12.8 Å². The van der Waals surface area contributed by atoms with Crippen molar-refractivity contribution in [2.45, 2.75) is 27.7 Å². The SMILES string of the molecule is CCNC(=O)c1c(C)nc(N)nc1-c1cccc(OCC(C)C)c1. The number of aromatic nitrogens is 2. The smallest absolute Gasteiger partial charge is 0.255 e. The molecule has 0 aliphatic rings. The van der Waals surface area contributed by atoms with Gasteiger partial charge in [-0.1, -0.05) is 26.0 Å². The van der Waals surface area contributed by atoms with Gasteiger partial charge >= 0.3 is 0 Å². The number of benzene rings is 1. The molecule has 0 saturated heterocycles. The Morgan fingerprint density at radius 3 is 2.75 bits per heavy atom. The summed E-state index contributed by atoms with van der Waals surface area (Å²) in [4.78, 5) is 20.8. The highest BCUT2D eigenvalue weighted by Gasteiger charge is 2.19. The first-order chi connectivity index (χ1) is 11.4. The summed E-state index contributed by atoms with van der Waals surface area (Å²) >= 11 is 0. The molecule has 128 valence electrons. The number of carbonyl (C=O) groups is 1. The van der Waals surface area contributed by atoms with Crippen LogP contribution in [0.2, 0.25) is 0 Å². The Morgan fingerprint density at radius 2 is 2.08 bits per heavy atom. The number of nitrogens with zero attached hydrogens (tertiary/aromatic N) is 2. The fourth-order valence-corrected chi connectivity index (χ4v) is 2.32. The average Bonchev–Trinajstić information content (AvgIpc) is 2.52. The fourth-order valence-electron chi connectivity index (χ4n) is 2.32. The fraction of sp³-hybridized carbons (Fsp3) is 0.389. The van der Waals surface area contributed by atoms with E-state index in [9.17, 15) is 4.79 Å². The molecule has 24 heavy (non-hydrogen) atoms. The number of aryl methyl sites for hydroxylation is 1. The molecule has 0 radical (unpaired) electrons. The summed E-state index contributed by atoms with van der Waals surface area (Å²) in [5, 5.41) is 2.80. The number of nitrogen functional groups attached to an aromatic ring is 1. The Bertz CT molecular complexity index is 729. The number of ether oxygens (including phenoxy) is 1. The standard InChI is InChI=1S/C18H24N4O2/c1-5-20-17(23)15-12(4)21-18(19)22-16(15)13-7-6-8-14(9-13)24-10-11(2)3/h6-9,11H,5,10H2,1-4H3,(H,20,23)(H2,19,21,22). The number of anilines is 1. The highest BCUT2D eigenvalue weighted by molar-refractivity contribution is 6.01. The third-order valence-electron chi connectivity index (χ3n) is 3.36. The van der Waals surface area contributed by atoms with Gasteiger partial charge < -0.3 is 15.8 Å².